The molecule has 0 atom stereocenters. The van der Waals surface area contributed by atoms with Gasteiger partial charge in [-0.2, -0.15) is 5.10 Å². The molecule has 2 rings (SSSR count). The Balaban J connectivity index is 2.86. The molecule has 0 radical (unpaired) electrons. The van der Waals surface area contributed by atoms with Crippen LogP contribution in [0.4, 0.5) is 0 Å². The molecule has 0 bridgehead atoms. The molecule has 3 nitrogen and oxygen atoms in total. The molecule has 2 aromatic rings. The molecule has 0 saturated heterocycles. The van der Waals surface area contributed by atoms with Crippen LogP contribution in [-0.2, 0) is 14.1 Å². The third kappa shape index (κ3) is 0.888. The van der Waals surface area contributed by atoms with Crippen molar-refractivity contribution in [3.8, 4) is 0 Å². The molecule has 3 heteroatoms. The highest BCUT2D eigenvalue weighted by Gasteiger charge is 2.01. The Kier molecular flexibility index (Phi) is 1.18. The largest absolute Gasteiger partial charge is 0.267 e. The van der Waals surface area contributed by atoms with Crippen LogP contribution < -0.4 is 4.57 Å². The minimum Gasteiger partial charge on any atom is -0.267 e. The van der Waals surface area contributed by atoms with Crippen LogP contribution in [0.2, 0.25) is 0 Å². The highest BCUT2D eigenvalue weighted by molar-refractivity contribution is 5.76. The van der Waals surface area contributed by atoms with Crippen molar-refractivity contribution in [3.63, 3.8) is 0 Å². The third-order valence-corrected chi connectivity index (χ3v) is 1.82. The quantitative estimate of drug-likeness (QED) is 0.495. The summed E-state index contributed by atoms with van der Waals surface area (Å²) in [4.78, 5) is 0. The topological polar surface area (TPSA) is 21.7 Å². The van der Waals surface area contributed by atoms with Crippen LogP contribution in [0.1, 0.15) is 0 Å². The molecule has 0 aromatic carbocycles. The maximum atomic E-state index is 4.14. The van der Waals surface area contributed by atoms with Crippen LogP contribution >= 0.6 is 0 Å². The molecule has 0 saturated carbocycles. The fourth-order valence-corrected chi connectivity index (χ4v) is 1.22. The Morgan fingerprint density at radius 2 is 2.36 bits per heavy atom. The number of hydrogen-bond acceptors (Lipinski definition) is 1. The lowest BCUT2D eigenvalue weighted by molar-refractivity contribution is -0.670. The molecular formula is C8H10N3+. The van der Waals surface area contributed by atoms with Crippen LogP contribution in [0, 0.1) is 0 Å². The van der Waals surface area contributed by atoms with E-state index in [-0.39, 0.29) is 0 Å². The van der Waals surface area contributed by atoms with Crippen molar-refractivity contribution in [2.45, 2.75) is 0 Å². The summed E-state index contributed by atoms with van der Waals surface area (Å²) in [6, 6.07) is 2.06. The molecule has 2 heterocycles. The zero-order valence-corrected chi connectivity index (χ0v) is 6.65. The molecule has 56 valence electrons. The minimum atomic E-state index is 1.17. The number of fused-ring (bicyclic) bond motifs is 1. The highest BCUT2D eigenvalue weighted by Crippen LogP contribution is 2.07. The van der Waals surface area contributed by atoms with E-state index in [1.165, 1.54) is 10.9 Å². The molecule has 0 aliphatic rings. The molecule has 0 fully saturated rings. The monoisotopic (exact) mass is 148 g/mol. The van der Waals surface area contributed by atoms with Gasteiger partial charge in [-0.25, -0.2) is 4.57 Å². The fourth-order valence-electron chi connectivity index (χ4n) is 1.22. The van der Waals surface area contributed by atoms with Crippen LogP contribution in [-0.4, -0.2) is 9.78 Å². The van der Waals surface area contributed by atoms with E-state index >= 15 is 0 Å². The Morgan fingerprint density at radius 1 is 1.55 bits per heavy atom. The smallest absolute Gasteiger partial charge is 0.179 e. The lowest BCUT2D eigenvalue weighted by Gasteiger charge is -1.90. The van der Waals surface area contributed by atoms with Gasteiger partial charge in [0.05, 0.1) is 17.1 Å². The summed E-state index contributed by atoms with van der Waals surface area (Å²) in [6.45, 7) is 0. The normalized spacial score (nSPS) is 10.7. The molecule has 0 unspecified atom stereocenters. The van der Waals surface area contributed by atoms with Crippen molar-refractivity contribution in [2.24, 2.45) is 14.1 Å². The number of aryl methyl sites for hydroxylation is 2. The number of hydrogen-bond donors (Lipinski definition) is 0. The predicted molar refractivity (Wildman–Crippen MR) is 41.9 cm³/mol. The summed E-state index contributed by atoms with van der Waals surface area (Å²) < 4.78 is 3.89. The van der Waals surface area contributed by atoms with Gasteiger partial charge in [0.15, 0.2) is 12.4 Å². The van der Waals surface area contributed by atoms with Crippen LogP contribution in [0.25, 0.3) is 10.9 Å². The van der Waals surface area contributed by atoms with Gasteiger partial charge in [-0.15, -0.1) is 0 Å². The van der Waals surface area contributed by atoms with Crippen molar-refractivity contribution in [1.29, 1.82) is 0 Å². The van der Waals surface area contributed by atoms with E-state index < -0.39 is 0 Å². The highest BCUT2D eigenvalue weighted by atomic mass is 15.2. The van der Waals surface area contributed by atoms with Gasteiger partial charge >= 0.3 is 0 Å². The molecule has 0 aliphatic heterocycles. The zero-order chi connectivity index (χ0) is 7.84. The standard InChI is InChI=1S/C8H10N3/c1-10-4-3-8-7(6-10)5-9-11(8)2/h3-6H,1-2H3/q+1. The molecular weight excluding hydrogens is 138 g/mol. The van der Waals surface area contributed by atoms with Crippen LogP contribution in [0.3, 0.4) is 0 Å². The van der Waals surface area contributed by atoms with Crippen molar-refractivity contribution in [2.75, 3.05) is 0 Å². The number of aromatic nitrogens is 3. The first-order valence-corrected chi connectivity index (χ1v) is 3.54. The fraction of sp³-hybridized carbons (Fsp3) is 0.250. The molecule has 0 spiro atoms. The van der Waals surface area contributed by atoms with Gasteiger partial charge in [0.25, 0.3) is 0 Å². The molecule has 2 aromatic heterocycles. The van der Waals surface area contributed by atoms with Crippen molar-refractivity contribution >= 4 is 10.9 Å². The summed E-state index contributed by atoms with van der Waals surface area (Å²) in [6.07, 6.45) is 5.95. The Hall–Kier alpha value is -1.38. The lowest BCUT2D eigenvalue weighted by atomic mass is 10.3. The van der Waals surface area contributed by atoms with Crippen LogP contribution in [0.15, 0.2) is 24.7 Å². The second-order valence-electron chi connectivity index (χ2n) is 2.72. The molecule has 0 N–H and O–H groups in total. The van der Waals surface area contributed by atoms with Crippen LogP contribution in [0.5, 0.6) is 0 Å². The maximum absolute atomic E-state index is 4.14. The zero-order valence-electron chi connectivity index (χ0n) is 6.65. The van der Waals surface area contributed by atoms with Gasteiger partial charge < -0.3 is 0 Å². The first-order valence-electron chi connectivity index (χ1n) is 3.54. The molecule has 0 amide bonds. The Bertz CT molecular complexity index is 389. The van der Waals surface area contributed by atoms with Crippen molar-refractivity contribution in [3.05, 3.63) is 24.7 Å². The summed E-state index contributed by atoms with van der Waals surface area (Å²) in [5.41, 5.74) is 1.17. The first kappa shape index (κ1) is 6.34. The first-order chi connectivity index (χ1) is 5.27. The average molecular weight is 148 g/mol. The van der Waals surface area contributed by atoms with Gasteiger partial charge in [0.2, 0.25) is 0 Å². The van der Waals surface area contributed by atoms with Gasteiger partial charge in [0.1, 0.15) is 7.05 Å². The Labute approximate surface area is 64.9 Å². The van der Waals surface area contributed by atoms with Gasteiger partial charge in [-0.1, -0.05) is 0 Å². The SMILES string of the molecule is Cn1ncc2c[n+](C)ccc21. The van der Waals surface area contributed by atoms with Gasteiger partial charge in [0, 0.05) is 13.1 Å². The summed E-state index contributed by atoms with van der Waals surface area (Å²) in [7, 11) is 3.95. The van der Waals surface area contributed by atoms with Gasteiger partial charge in [-0.05, 0) is 0 Å². The number of pyridine rings is 1. The van der Waals surface area contributed by atoms with E-state index in [1.807, 2.05) is 35.7 Å². The van der Waals surface area contributed by atoms with E-state index in [0.29, 0.717) is 0 Å². The van der Waals surface area contributed by atoms with E-state index in [4.69, 9.17) is 0 Å². The van der Waals surface area contributed by atoms with E-state index in [2.05, 4.69) is 17.4 Å². The number of rotatable bonds is 0. The summed E-state index contributed by atoms with van der Waals surface area (Å²) in [5, 5.41) is 5.32. The third-order valence-electron chi connectivity index (χ3n) is 1.82. The second kappa shape index (κ2) is 2.05. The maximum Gasteiger partial charge on any atom is 0.179 e. The summed E-state index contributed by atoms with van der Waals surface area (Å²) in [5.74, 6) is 0. The second-order valence-corrected chi connectivity index (χ2v) is 2.72. The van der Waals surface area contributed by atoms with E-state index in [1.54, 1.807) is 0 Å². The average Bonchev–Trinajstić information content (AvgIpc) is 2.32. The van der Waals surface area contributed by atoms with E-state index in [9.17, 15) is 0 Å². The Morgan fingerprint density at radius 3 is 3.18 bits per heavy atom. The predicted octanol–water partition coefficient (Wildman–Crippen LogP) is 0.398. The molecule has 11 heavy (non-hydrogen) atoms. The van der Waals surface area contributed by atoms with Gasteiger partial charge in [-0.3, -0.25) is 4.68 Å². The summed E-state index contributed by atoms with van der Waals surface area (Å²) >= 11 is 0. The molecule has 0 aliphatic carbocycles. The van der Waals surface area contributed by atoms with E-state index in [0.717, 1.165) is 0 Å². The van der Waals surface area contributed by atoms with Crippen molar-refractivity contribution < 1.29 is 4.57 Å². The lowest BCUT2D eigenvalue weighted by Crippen LogP contribution is -2.25. The number of nitrogens with zero attached hydrogens (tertiary/aromatic N) is 3. The van der Waals surface area contributed by atoms with Crippen molar-refractivity contribution in [1.82, 2.24) is 9.78 Å². The minimum absolute atomic E-state index is 1.17.